The lowest BCUT2D eigenvalue weighted by Crippen LogP contribution is -2.45. The van der Waals surface area contributed by atoms with Crippen LogP contribution in [0.5, 0.6) is 0 Å². The Bertz CT molecular complexity index is 248. The number of hydrogen-bond donors (Lipinski definition) is 3. The molecule has 0 bridgehead atoms. The Morgan fingerprint density at radius 2 is 2.28 bits per heavy atom. The minimum Gasteiger partial charge on any atom is -0.393 e. The first kappa shape index (κ1) is 15.4. The number of nitrogens with one attached hydrogen (secondary N) is 2. The summed E-state index contributed by atoms with van der Waals surface area (Å²) < 4.78 is 4.88. The maximum Gasteiger partial charge on any atom is 0.236 e. The van der Waals surface area contributed by atoms with E-state index in [4.69, 9.17) is 4.74 Å². The van der Waals surface area contributed by atoms with E-state index in [0.717, 1.165) is 32.2 Å². The third-order valence-electron chi connectivity index (χ3n) is 3.47. The molecule has 1 saturated carbocycles. The van der Waals surface area contributed by atoms with Gasteiger partial charge in [0.05, 0.1) is 18.8 Å². The topological polar surface area (TPSA) is 70.6 Å². The molecule has 5 nitrogen and oxygen atoms in total. The van der Waals surface area contributed by atoms with Crippen LogP contribution in [0.2, 0.25) is 0 Å². The molecule has 106 valence electrons. The smallest absolute Gasteiger partial charge is 0.236 e. The molecule has 0 aromatic carbocycles. The van der Waals surface area contributed by atoms with Crippen molar-refractivity contribution in [1.29, 1.82) is 0 Å². The molecule has 1 rings (SSSR count). The Balaban J connectivity index is 2.15. The van der Waals surface area contributed by atoms with E-state index in [1.165, 1.54) is 0 Å². The summed E-state index contributed by atoms with van der Waals surface area (Å²) in [7, 11) is 1.61. The molecule has 3 atom stereocenters. The summed E-state index contributed by atoms with van der Waals surface area (Å²) in [5.74, 6) is 0.492. The molecular weight excluding hydrogens is 232 g/mol. The first-order chi connectivity index (χ1) is 8.63. The number of hydrogen-bond acceptors (Lipinski definition) is 4. The quantitative estimate of drug-likeness (QED) is 0.574. The molecular formula is C13H26N2O3. The number of methoxy groups -OCH3 is 1. The number of carbonyl (C=O) groups excluding carboxylic acids is 1. The molecule has 18 heavy (non-hydrogen) atoms. The SMILES string of the molecule is COCCNC(=O)C(C)NCC1CCCC(O)C1. The molecule has 1 aliphatic rings. The molecule has 3 N–H and O–H groups in total. The highest BCUT2D eigenvalue weighted by atomic mass is 16.5. The standard InChI is InChI=1S/C13H26N2O3/c1-10(13(17)14-6-7-18-2)15-9-11-4-3-5-12(16)8-11/h10-12,15-16H,3-9H2,1-2H3,(H,14,17). The fourth-order valence-corrected chi connectivity index (χ4v) is 2.31. The van der Waals surface area contributed by atoms with E-state index in [0.29, 0.717) is 19.1 Å². The van der Waals surface area contributed by atoms with Gasteiger partial charge >= 0.3 is 0 Å². The summed E-state index contributed by atoms with van der Waals surface area (Å²) in [5, 5.41) is 15.6. The highest BCUT2D eigenvalue weighted by Gasteiger charge is 2.21. The summed E-state index contributed by atoms with van der Waals surface area (Å²) >= 11 is 0. The first-order valence-corrected chi connectivity index (χ1v) is 6.81. The van der Waals surface area contributed by atoms with Crippen LogP contribution in [-0.2, 0) is 9.53 Å². The van der Waals surface area contributed by atoms with Gasteiger partial charge in [-0.05, 0) is 38.6 Å². The second kappa shape index (κ2) is 8.45. The van der Waals surface area contributed by atoms with Crippen molar-refractivity contribution in [2.75, 3.05) is 26.8 Å². The number of carbonyl (C=O) groups is 1. The molecule has 0 aromatic rings. The van der Waals surface area contributed by atoms with Crippen LogP contribution in [0.1, 0.15) is 32.6 Å². The van der Waals surface area contributed by atoms with Gasteiger partial charge in [-0.25, -0.2) is 0 Å². The van der Waals surface area contributed by atoms with Crippen molar-refractivity contribution in [3.8, 4) is 0 Å². The predicted octanol–water partition coefficient (Wildman–Crippen LogP) is 0.278. The van der Waals surface area contributed by atoms with Crippen LogP contribution in [0.25, 0.3) is 0 Å². The average Bonchev–Trinajstić information content (AvgIpc) is 2.36. The van der Waals surface area contributed by atoms with Gasteiger partial charge in [-0.1, -0.05) is 6.42 Å². The lowest BCUT2D eigenvalue weighted by molar-refractivity contribution is -0.123. The van der Waals surface area contributed by atoms with E-state index in [1.54, 1.807) is 7.11 Å². The van der Waals surface area contributed by atoms with Crippen LogP contribution in [-0.4, -0.2) is 50.0 Å². The van der Waals surface area contributed by atoms with Gasteiger partial charge in [-0.2, -0.15) is 0 Å². The molecule has 1 fully saturated rings. The number of rotatable bonds is 7. The molecule has 0 radical (unpaired) electrons. The molecule has 1 amide bonds. The maximum absolute atomic E-state index is 11.7. The second-order valence-corrected chi connectivity index (χ2v) is 5.10. The minimum absolute atomic E-state index is 0.00316. The monoisotopic (exact) mass is 258 g/mol. The van der Waals surface area contributed by atoms with Crippen molar-refractivity contribution >= 4 is 5.91 Å². The van der Waals surface area contributed by atoms with Crippen LogP contribution < -0.4 is 10.6 Å². The van der Waals surface area contributed by atoms with Gasteiger partial charge in [-0.3, -0.25) is 4.79 Å². The maximum atomic E-state index is 11.7. The Morgan fingerprint density at radius 3 is 2.94 bits per heavy atom. The van der Waals surface area contributed by atoms with Crippen molar-refractivity contribution < 1.29 is 14.6 Å². The molecule has 0 heterocycles. The lowest BCUT2D eigenvalue weighted by Gasteiger charge is -2.27. The van der Waals surface area contributed by atoms with Gasteiger partial charge in [0.1, 0.15) is 0 Å². The van der Waals surface area contributed by atoms with E-state index in [9.17, 15) is 9.90 Å². The molecule has 0 saturated heterocycles. The van der Waals surface area contributed by atoms with Crippen molar-refractivity contribution in [3.63, 3.8) is 0 Å². The van der Waals surface area contributed by atoms with Crippen molar-refractivity contribution in [1.82, 2.24) is 10.6 Å². The fraction of sp³-hybridized carbons (Fsp3) is 0.923. The minimum atomic E-state index is -0.194. The van der Waals surface area contributed by atoms with Crippen LogP contribution in [0.4, 0.5) is 0 Å². The lowest BCUT2D eigenvalue weighted by atomic mass is 9.87. The number of aliphatic hydroxyl groups excluding tert-OH is 1. The number of amides is 1. The number of aliphatic hydroxyl groups is 1. The summed E-state index contributed by atoms with van der Waals surface area (Å²) in [6, 6.07) is -0.194. The zero-order chi connectivity index (χ0) is 13.4. The van der Waals surface area contributed by atoms with Gasteiger partial charge < -0.3 is 20.5 Å². The van der Waals surface area contributed by atoms with E-state index in [-0.39, 0.29) is 18.1 Å². The van der Waals surface area contributed by atoms with E-state index < -0.39 is 0 Å². The van der Waals surface area contributed by atoms with Crippen LogP contribution in [0.3, 0.4) is 0 Å². The van der Waals surface area contributed by atoms with Crippen molar-refractivity contribution in [2.24, 2.45) is 5.92 Å². The van der Waals surface area contributed by atoms with Gasteiger partial charge in [0.15, 0.2) is 0 Å². The fourth-order valence-electron chi connectivity index (χ4n) is 2.31. The first-order valence-electron chi connectivity index (χ1n) is 6.81. The van der Waals surface area contributed by atoms with Gasteiger partial charge in [0, 0.05) is 13.7 Å². The predicted molar refractivity (Wildman–Crippen MR) is 70.3 cm³/mol. The van der Waals surface area contributed by atoms with Crippen LogP contribution >= 0.6 is 0 Å². The van der Waals surface area contributed by atoms with Gasteiger partial charge in [0.2, 0.25) is 5.91 Å². The molecule has 0 aliphatic heterocycles. The zero-order valence-electron chi connectivity index (χ0n) is 11.4. The number of ether oxygens (including phenoxy) is 1. The zero-order valence-corrected chi connectivity index (χ0v) is 11.4. The summed E-state index contributed by atoms with van der Waals surface area (Å²) in [4.78, 5) is 11.7. The Kier molecular flexibility index (Phi) is 7.23. The van der Waals surface area contributed by atoms with Crippen molar-refractivity contribution in [3.05, 3.63) is 0 Å². The normalized spacial score (nSPS) is 25.7. The van der Waals surface area contributed by atoms with Crippen LogP contribution in [0, 0.1) is 5.92 Å². The third kappa shape index (κ3) is 5.80. The van der Waals surface area contributed by atoms with E-state index in [2.05, 4.69) is 10.6 Å². The second-order valence-electron chi connectivity index (χ2n) is 5.10. The van der Waals surface area contributed by atoms with Crippen LogP contribution in [0.15, 0.2) is 0 Å². The van der Waals surface area contributed by atoms with E-state index >= 15 is 0 Å². The highest BCUT2D eigenvalue weighted by molar-refractivity contribution is 5.81. The molecule has 5 heteroatoms. The third-order valence-corrected chi connectivity index (χ3v) is 3.47. The summed E-state index contributed by atoms with van der Waals surface area (Å²) in [6.45, 7) is 3.74. The molecule has 0 aromatic heterocycles. The largest absolute Gasteiger partial charge is 0.393 e. The highest BCUT2D eigenvalue weighted by Crippen LogP contribution is 2.23. The van der Waals surface area contributed by atoms with Gasteiger partial charge in [-0.15, -0.1) is 0 Å². The molecule has 3 unspecified atom stereocenters. The average molecular weight is 258 g/mol. The molecule has 0 spiro atoms. The van der Waals surface area contributed by atoms with Crippen molar-refractivity contribution in [2.45, 2.75) is 44.8 Å². The van der Waals surface area contributed by atoms with Gasteiger partial charge in [0.25, 0.3) is 0 Å². The van der Waals surface area contributed by atoms with E-state index in [1.807, 2.05) is 6.92 Å². The Labute approximate surface area is 109 Å². The Hall–Kier alpha value is -0.650. The molecule has 1 aliphatic carbocycles. The summed E-state index contributed by atoms with van der Waals surface area (Å²) in [6.07, 6.45) is 3.84. The Morgan fingerprint density at radius 1 is 1.50 bits per heavy atom. The summed E-state index contributed by atoms with van der Waals surface area (Å²) in [5.41, 5.74) is 0.